The number of allylic oxidation sites excluding steroid dienone is 4. The van der Waals surface area contributed by atoms with Gasteiger partial charge in [0, 0.05) is 22.3 Å². The van der Waals surface area contributed by atoms with Gasteiger partial charge in [-0.2, -0.15) is 0 Å². The van der Waals surface area contributed by atoms with Crippen LogP contribution in [0.25, 0.3) is 44.8 Å². The Morgan fingerprint density at radius 3 is 0.746 bits per heavy atom. The van der Waals surface area contributed by atoms with Crippen molar-refractivity contribution >= 4 is 91.8 Å². The molecule has 0 saturated heterocycles. The van der Waals surface area contributed by atoms with Gasteiger partial charge in [0.2, 0.25) is 0 Å². The Hall–Kier alpha value is -12.6. The Labute approximate surface area is 721 Å². The SMILES string of the molecule is CCOc1ccc(N=Cc2ccc3cccc([O-])c3n2)cc1.CCOc1ccc(N=Cc2ccc3cccc([O-])c3n2)cc1.O=C(/C=C(\[O-])c1ccccc1)c1ccccc1.O=C(/C=C(\[O-])c1ccccc1)c1ccccc1.O=C(/C=C(\[O-])c1ccccc1)c1ccccc1.O=C(/C=C(\[O-])c1ccccc1)c1ccccc1.[Ho+3].[Ho+3]. The van der Waals surface area contributed by atoms with Gasteiger partial charge >= 0.3 is 75.5 Å². The van der Waals surface area contributed by atoms with E-state index in [2.05, 4.69) is 20.0 Å². The molecule has 0 saturated carbocycles. The molecule has 0 spiro atoms. The molecule has 0 bridgehead atoms. The van der Waals surface area contributed by atoms with Crippen LogP contribution in [0.2, 0.25) is 0 Å². The van der Waals surface area contributed by atoms with E-state index in [1.54, 1.807) is 219 Å². The minimum absolute atomic E-state index is 0. The number of para-hydroxylation sites is 2. The summed E-state index contributed by atoms with van der Waals surface area (Å²) in [6, 6.07) is 103. The van der Waals surface area contributed by atoms with Crippen molar-refractivity contribution in [2.45, 2.75) is 13.8 Å². The summed E-state index contributed by atoms with van der Waals surface area (Å²) in [5.41, 5.74) is 8.07. The van der Waals surface area contributed by atoms with Crippen LogP contribution in [0.3, 0.4) is 0 Å². The number of rotatable bonds is 20. The van der Waals surface area contributed by atoms with Crippen LogP contribution in [0, 0.1) is 75.5 Å². The third kappa shape index (κ3) is 29.2. The van der Waals surface area contributed by atoms with E-state index in [1.165, 1.54) is 12.1 Å². The molecule has 18 heteroatoms. The fourth-order valence-electron chi connectivity index (χ4n) is 10.2. The molecule has 14 aromatic rings. The number of ketones is 4. The molecule has 114 heavy (non-hydrogen) atoms. The molecule has 0 aliphatic rings. The predicted octanol–water partition coefficient (Wildman–Crippen LogP) is 16.0. The average Bonchev–Trinajstić information content (AvgIpc) is 0.824. The Kier molecular flexibility index (Phi) is 37.5. The van der Waals surface area contributed by atoms with E-state index >= 15 is 0 Å². The summed E-state index contributed by atoms with van der Waals surface area (Å²) in [4.78, 5) is 64.4. The Morgan fingerprint density at radius 2 is 0.518 bits per heavy atom. The minimum atomic E-state index is -0.264. The van der Waals surface area contributed by atoms with Crippen LogP contribution in [0.1, 0.15) is 88.9 Å². The molecule has 0 aliphatic heterocycles. The van der Waals surface area contributed by atoms with Crippen LogP contribution in [0.5, 0.6) is 23.0 Å². The van der Waals surface area contributed by atoms with E-state index in [0.29, 0.717) is 80.1 Å². The fraction of sp³-hybridized carbons (Fsp3) is 0.0417. The van der Waals surface area contributed by atoms with E-state index in [9.17, 15) is 49.8 Å². The standard InChI is InChI=1S/2C18H16N2O2.4C15H12O2.2Ho/c2*1-2-22-16-10-8-14(9-11-16)19-12-15-7-6-13-4-3-5-17(21)18(13)20-15;4*16-14(12-7-3-1-4-8-12)11-15(17)13-9-5-2-6-10-13;;/h2*3-12,21H,2H2,1H3;4*1-11,16H;;/q;;;;;;2*+3/p-6/b;;4*14-11-;;. The maximum Gasteiger partial charge on any atom is 3.00 e. The quantitative estimate of drug-likeness (QED) is 0.0226. The first-order valence-corrected chi connectivity index (χ1v) is 35.4. The molecule has 0 fully saturated rings. The third-order valence-electron chi connectivity index (χ3n) is 15.9. The summed E-state index contributed by atoms with van der Waals surface area (Å²) >= 11 is 0. The number of ether oxygens (including phenoxy) is 2. The third-order valence-corrected chi connectivity index (χ3v) is 15.9. The minimum Gasteiger partial charge on any atom is -0.872 e. The smallest absolute Gasteiger partial charge is 0.872 e. The number of nitrogens with zero attached hydrogens (tertiary/aromatic N) is 4. The molecule has 0 aliphatic carbocycles. The number of pyridine rings is 2. The van der Waals surface area contributed by atoms with Crippen LogP contribution in [-0.2, 0) is 0 Å². The molecule has 12 aromatic carbocycles. The van der Waals surface area contributed by atoms with Gasteiger partial charge in [0.25, 0.3) is 0 Å². The summed E-state index contributed by atoms with van der Waals surface area (Å²) in [5.74, 6) is -0.624. The molecular weight excluding hydrogens is 1730 g/mol. The Morgan fingerprint density at radius 1 is 0.289 bits per heavy atom. The number of hydrogen-bond donors (Lipinski definition) is 0. The van der Waals surface area contributed by atoms with E-state index in [4.69, 9.17) is 9.47 Å². The van der Waals surface area contributed by atoms with Crippen molar-refractivity contribution in [2.24, 2.45) is 9.98 Å². The molecule has 2 aromatic heterocycles. The average molecular weight is 1810 g/mol. The molecule has 16 nitrogen and oxygen atoms in total. The number of aromatic nitrogens is 2. The van der Waals surface area contributed by atoms with Gasteiger partial charge in [-0.15, -0.1) is 0 Å². The van der Waals surface area contributed by atoms with Crippen molar-refractivity contribution in [3.05, 3.63) is 432 Å². The molecule has 2 heterocycles. The van der Waals surface area contributed by atoms with Gasteiger partial charge in [-0.05, 0) is 132 Å². The number of benzene rings is 12. The van der Waals surface area contributed by atoms with Crippen LogP contribution < -0.4 is 40.1 Å². The van der Waals surface area contributed by atoms with Crippen LogP contribution in [0.15, 0.2) is 386 Å². The predicted molar refractivity (Wildman–Crippen MR) is 433 cm³/mol. The van der Waals surface area contributed by atoms with E-state index in [0.717, 1.165) is 58.0 Å². The van der Waals surface area contributed by atoms with E-state index in [1.807, 2.05) is 147 Å². The van der Waals surface area contributed by atoms with Gasteiger partial charge in [0.1, 0.15) is 11.5 Å². The second-order valence-corrected chi connectivity index (χ2v) is 23.9. The molecule has 0 radical (unpaired) electrons. The zero-order chi connectivity index (χ0) is 79.1. The summed E-state index contributed by atoms with van der Waals surface area (Å²) < 4.78 is 10.8. The molecule has 0 atom stereocenters. The number of carbonyl (C=O) groups is 4. The maximum atomic E-state index is 11.8. The second-order valence-electron chi connectivity index (χ2n) is 23.9. The van der Waals surface area contributed by atoms with Crippen molar-refractivity contribution in [1.82, 2.24) is 9.97 Å². The molecule has 0 unspecified atom stereocenters. The van der Waals surface area contributed by atoms with E-state index in [-0.39, 0.29) is 133 Å². The monoisotopic (exact) mass is 1800 g/mol. The number of fused-ring (bicyclic) bond motifs is 2. The van der Waals surface area contributed by atoms with Crippen LogP contribution in [0.4, 0.5) is 11.4 Å². The maximum absolute atomic E-state index is 11.8. The second kappa shape index (κ2) is 48.2. The van der Waals surface area contributed by atoms with Gasteiger partial charge in [-0.25, -0.2) is 9.97 Å². The van der Waals surface area contributed by atoms with Gasteiger partial charge < -0.3 is 40.1 Å². The summed E-state index contributed by atoms with van der Waals surface area (Å²) in [6.45, 7) is 5.17. The Bertz CT molecular complexity index is 4980. The normalized spacial score (nSPS) is 11.0. The van der Waals surface area contributed by atoms with Crippen molar-refractivity contribution in [3.8, 4) is 23.0 Å². The Balaban J connectivity index is 0.000000190. The van der Waals surface area contributed by atoms with Crippen molar-refractivity contribution in [2.75, 3.05) is 13.2 Å². The van der Waals surface area contributed by atoms with Gasteiger partial charge in [-0.1, -0.05) is 326 Å². The van der Waals surface area contributed by atoms with Crippen molar-refractivity contribution in [3.63, 3.8) is 0 Å². The first-order valence-electron chi connectivity index (χ1n) is 35.4. The first-order chi connectivity index (χ1) is 54.6. The van der Waals surface area contributed by atoms with Crippen LogP contribution >= 0.6 is 0 Å². The van der Waals surface area contributed by atoms with Gasteiger partial charge in [0.05, 0.1) is 59.4 Å². The fourth-order valence-corrected chi connectivity index (χ4v) is 10.2. The number of carbonyl (C=O) groups excluding carboxylic acids is 4. The molecule has 0 amide bonds. The zero-order valence-corrected chi connectivity index (χ0v) is 65.5. The zero-order valence-electron chi connectivity index (χ0n) is 61.7. The van der Waals surface area contributed by atoms with E-state index < -0.39 is 0 Å². The summed E-state index contributed by atoms with van der Waals surface area (Å²) in [6.07, 6.45) is 7.83. The molecule has 572 valence electrons. The van der Waals surface area contributed by atoms with Gasteiger partial charge in [0.15, 0.2) is 23.1 Å². The van der Waals surface area contributed by atoms with Crippen LogP contribution in [-0.4, -0.2) is 58.7 Å². The van der Waals surface area contributed by atoms with Crippen molar-refractivity contribution in [1.29, 1.82) is 0 Å². The largest absolute Gasteiger partial charge is 3.00 e. The first kappa shape index (κ1) is 88.6. The number of hydrogen-bond acceptors (Lipinski definition) is 16. The summed E-state index contributed by atoms with van der Waals surface area (Å²) in [5, 5.41) is 72.3. The molecule has 14 rings (SSSR count). The van der Waals surface area contributed by atoms with Gasteiger partial charge in [-0.3, -0.25) is 29.2 Å². The number of aliphatic imine (C=N–C) groups is 2. The van der Waals surface area contributed by atoms with Crippen molar-refractivity contribution < 1.29 is 135 Å². The molecule has 0 N–H and O–H groups in total. The summed E-state index contributed by atoms with van der Waals surface area (Å²) in [7, 11) is 0. The topological polar surface area (TPSA) is 276 Å². The molecular formula is C96H74Ho2N4O12.